The smallest absolute Gasteiger partial charge is 0.257 e. The van der Waals surface area contributed by atoms with Crippen LogP contribution in [0, 0.1) is 0 Å². The highest BCUT2D eigenvalue weighted by atomic mass is 79.9. The normalized spacial score (nSPS) is 14.2. The first kappa shape index (κ1) is 17.0. The van der Waals surface area contributed by atoms with Crippen molar-refractivity contribution in [3.05, 3.63) is 80.0 Å². The second-order valence-corrected chi connectivity index (χ2v) is 7.65. The van der Waals surface area contributed by atoms with Gasteiger partial charge in [0.15, 0.2) is 0 Å². The molecule has 0 aliphatic carbocycles. The molecule has 1 amide bonds. The largest absolute Gasteiger partial charge is 0.346 e. The van der Waals surface area contributed by atoms with Gasteiger partial charge in [0.1, 0.15) is 5.56 Å². The van der Waals surface area contributed by atoms with Gasteiger partial charge in [-0.25, -0.2) is 0 Å². The first-order valence-corrected chi connectivity index (χ1v) is 9.55. The molecule has 1 aliphatic rings. The van der Waals surface area contributed by atoms with Crippen molar-refractivity contribution in [1.29, 1.82) is 0 Å². The first-order chi connectivity index (χ1) is 12.5. The second-order valence-electron chi connectivity index (χ2n) is 6.73. The van der Waals surface area contributed by atoms with Gasteiger partial charge in [-0.15, -0.1) is 0 Å². The predicted octanol–water partition coefficient (Wildman–Crippen LogP) is 4.20. The summed E-state index contributed by atoms with van der Waals surface area (Å²) in [6, 6.07) is 13.4. The van der Waals surface area contributed by atoms with E-state index in [-0.39, 0.29) is 22.9 Å². The number of halogens is 1. The number of amides is 1. The maximum Gasteiger partial charge on any atom is 0.257 e. The minimum absolute atomic E-state index is 0.192. The summed E-state index contributed by atoms with van der Waals surface area (Å²) >= 11 is 3.45. The topological polar surface area (TPSA) is 51.1 Å². The summed E-state index contributed by atoms with van der Waals surface area (Å²) in [5, 5.41) is 3.59. The van der Waals surface area contributed by atoms with Crippen LogP contribution in [0.3, 0.4) is 0 Å². The van der Waals surface area contributed by atoms with E-state index in [0.29, 0.717) is 5.39 Å². The number of benzene rings is 2. The maximum atomic E-state index is 12.9. The van der Waals surface area contributed by atoms with Crippen molar-refractivity contribution < 1.29 is 4.79 Å². The second kappa shape index (κ2) is 6.72. The van der Waals surface area contributed by atoms with Crippen LogP contribution in [0.1, 0.15) is 40.9 Å². The van der Waals surface area contributed by atoms with E-state index < -0.39 is 0 Å². The highest BCUT2D eigenvalue weighted by Crippen LogP contribution is 2.24. The lowest BCUT2D eigenvalue weighted by molar-refractivity contribution is 0.0938. The van der Waals surface area contributed by atoms with Gasteiger partial charge in [0.2, 0.25) is 5.43 Å². The fourth-order valence-corrected chi connectivity index (χ4v) is 4.07. The Morgan fingerprint density at radius 2 is 2.04 bits per heavy atom. The van der Waals surface area contributed by atoms with E-state index in [0.717, 1.165) is 34.9 Å². The van der Waals surface area contributed by atoms with Gasteiger partial charge in [0.25, 0.3) is 5.91 Å². The van der Waals surface area contributed by atoms with Gasteiger partial charge >= 0.3 is 0 Å². The van der Waals surface area contributed by atoms with E-state index in [4.69, 9.17) is 0 Å². The molecular weight excluding hydrogens is 392 g/mol. The number of aryl methyl sites for hydroxylation is 2. The van der Waals surface area contributed by atoms with E-state index in [1.165, 1.54) is 5.56 Å². The molecule has 0 spiro atoms. The van der Waals surface area contributed by atoms with Gasteiger partial charge in [0.05, 0.1) is 11.6 Å². The standard InChI is InChI=1S/C21H19BrN2O2/c1-13(15-6-2-8-16(22)11-15)23-21(26)18-12-24-10-4-7-14-5-3-9-17(19(14)24)20(18)25/h2-3,5-6,8-9,11-13H,4,7,10H2,1H3,(H,23,26)/t13-/m1/s1. The van der Waals surface area contributed by atoms with Gasteiger partial charge < -0.3 is 9.88 Å². The number of nitrogens with one attached hydrogen (secondary N) is 1. The van der Waals surface area contributed by atoms with E-state index >= 15 is 0 Å². The Kier molecular flexibility index (Phi) is 4.41. The number of hydrogen-bond donors (Lipinski definition) is 1. The van der Waals surface area contributed by atoms with Crippen molar-refractivity contribution in [3.8, 4) is 0 Å². The van der Waals surface area contributed by atoms with Crippen LogP contribution < -0.4 is 10.7 Å². The van der Waals surface area contributed by atoms with Crippen LogP contribution in [0.2, 0.25) is 0 Å². The lowest BCUT2D eigenvalue weighted by Crippen LogP contribution is -2.32. The molecule has 4 nitrogen and oxygen atoms in total. The van der Waals surface area contributed by atoms with Crippen molar-refractivity contribution >= 4 is 32.7 Å². The third-order valence-electron chi connectivity index (χ3n) is 4.97. The van der Waals surface area contributed by atoms with E-state index in [9.17, 15) is 9.59 Å². The Bertz CT molecular complexity index is 1070. The van der Waals surface area contributed by atoms with Crippen LogP contribution in [0.5, 0.6) is 0 Å². The summed E-state index contributed by atoms with van der Waals surface area (Å²) < 4.78 is 3.01. The molecule has 0 saturated carbocycles. The molecule has 132 valence electrons. The molecule has 0 unspecified atom stereocenters. The molecule has 5 heteroatoms. The highest BCUT2D eigenvalue weighted by molar-refractivity contribution is 9.10. The molecule has 0 radical (unpaired) electrons. The van der Waals surface area contributed by atoms with Gasteiger partial charge in [-0.1, -0.05) is 40.2 Å². The monoisotopic (exact) mass is 410 g/mol. The molecule has 4 rings (SSSR count). The fourth-order valence-electron chi connectivity index (χ4n) is 3.65. The molecule has 26 heavy (non-hydrogen) atoms. The number of nitrogens with zero attached hydrogens (tertiary/aromatic N) is 1. The minimum Gasteiger partial charge on any atom is -0.346 e. The van der Waals surface area contributed by atoms with Crippen molar-refractivity contribution in [2.24, 2.45) is 0 Å². The molecule has 1 atom stereocenters. The number of pyridine rings is 1. The van der Waals surface area contributed by atoms with Gasteiger partial charge in [-0.2, -0.15) is 0 Å². The van der Waals surface area contributed by atoms with Crippen LogP contribution in [-0.4, -0.2) is 10.5 Å². The Morgan fingerprint density at radius 1 is 1.23 bits per heavy atom. The number of carbonyl (C=O) groups is 1. The molecular formula is C21H19BrN2O2. The van der Waals surface area contributed by atoms with Gasteiger partial charge in [-0.3, -0.25) is 9.59 Å². The Hall–Kier alpha value is -2.40. The lowest BCUT2D eigenvalue weighted by atomic mass is 9.99. The minimum atomic E-state index is -0.330. The molecule has 3 aromatic rings. The van der Waals surface area contributed by atoms with Gasteiger partial charge in [-0.05, 0) is 49.1 Å². The summed E-state index contributed by atoms with van der Waals surface area (Å²) in [5.41, 5.74) is 3.15. The number of aromatic nitrogens is 1. The average molecular weight is 411 g/mol. The predicted molar refractivity (Wildman–Crippen MR) is 107 cm³/mol. The molecule has 1 aliphatic heterocycles. The summed E-state index contributed by atoms with van der Waals surface area (Å²) in [5.74, 6) is -0.330. The number of carbonyl (C=O) groups excluding carboxylic acids is 1. The zero-order valence-corrected chi connectivity index (χ0v) is 16.0. The summed E-state index contributed by atoms with van der Waals surface area (Å²) in [6.07, 6.45) is 3.71. The van der Waals surface area contributed by atoms with Crippen LogP contribution in [0.4, 0.5) is 0 Å². The fraction of sp³-hybridized carbons (Fsp3) is 0.238. The maximum absolute atomic E-state index is 12.9. The summed E-state index contributed by atoms with van der Waals surface area (Å²) in [4.78, 5) is 25.7. The lowest BCUT2D eigenvalue weighted by Gasteiger charge is -2.21. The third-order valence-corrected chi connectivity index (χ3v) is 5.46. The summed E-state index contributed by atoms with van der Waals surface area (Å²) in [7, 11) is 0. The Labute approximate surface area is 160 Å². The average Bonchev–Trinajstić information content (AvgIpc) is 2.64. The molecule has 1 aromatic heterocycles. The molecule has 0 fully saturated rings. The van der Waals surface area contributed by atoms with Crippen molar-refractivity contribution in [1.82, 2.24) is 9.88 Å². The van der Waals surface area contributed by atoms with Crippen LogP contribution >= 0.6 is 15.9 Å². The molecule has 0 saturated heterocycles. The van der Waals surface area contributed by atoms with Crippen molar-refractivity contribution in [2.75, 3.05) is 0 Å². The molecule has 2 aromatic carbocycles. The first-order valence-electron chi connectivity index (χ1n) is 8.76. The van der Waals surface area contributed by atoms with E-state index in [1.807, 2.05) is 47.9 Å². The number of para-hydroxylation sites is 1. The van der Waals surface area contributed by atoms with Crippen molar-refractivity contribution in [3.63, 3.8) is 0 Å². The van der Waals surface area contributed by atoms with E-state index in [2.05, 4.69) is 27.3 Å². The van der Waals surface area contributed by atoms with Crippen LogP contribution in [0.25, 0.3) is 10.9 Å². The Balaban J connectivity index is 1.72. The molecule has 0 bridgehead atoms. The van der Waals surface area contributed by atoms with E-state index in [1.54, 1.807) is 6.20 Å². The molecule has 1 N–H and O–H groups in total. The quantitative estimate of drug-likeness (QED) is 0.703. The zero-order valence-electron chi connectivity index (χ0n) is 14.5. The molecule has 2 heterocycles. The van der Waals surface area contributed by atoms with Crippen molar-refractivity contribution in [2.45, 2.75) is 32.4 Å². The number of rotatable bonds is 3. The SMILES string of the molecule is C[C@@H](NC(=O)c1cn2c3c(cccc3c1=O)CCC2)c1cccc(Br)c1. The third kappa shape index (κ3) is 2.97. The van der Waals surface area contributed by atoms with Gasteiger partial charge in [0, 0.05) is 22.6 Å². The Morgan fingerprint density at radius 3 is 2.85 bits per heavy atom. The summed E-state index contributed by atoms with van der Waals surface area (Å²) in [6.45, 7) is 2.75. The van der Waals surface area contributed by atoms with Crippen LogP contribution in [-0.2, 0) is 13.0 Å². The number of hydrogen-bond acceptors (Lipinski definition) is 2. The van der Waals surface area contributed by atoms with Crippen LogP contribution in [0.15, 0.2) is 57.9 Å². The zero-order chi connectivity index (χ0) is 18.3. The highest BCUT2D eigenvalue weighted by Gasteiger charge is 2.20.